The normalized spacial score (nSPS) is 19.4. The number of nitrogens with zero attached hydrogens (tertiary/aromatic N) is 2. The molecule has 1 fully saturated rings. The summed E-state index contributed by atoms with van der Waals surface area (Å²) in [5.41, 5.74) is 0. The summed E-state index contributed by atoms with van der Waals surface area (Å²) in [5, 5.41) is 8.71. The molecule has 11 heteroatoms. The Bertz CT molecular complexity index is 701. The van der Waals surface area contributed by atoms with E-state index in [1.54, 1.807) is 18.4 Å². The van der Waals surface area contributed by atoms with Gasteiger partial charge < -0.3 is 20.1 Å². The van der Waals surface area contributed by atoms with Crippen LogP contribution in [0, 0.1) is 0 Å². The fourth-order valence-corrected chi connectivity index (χ4v) is 4.27. The lowest BCUT2D eigenvalue weighted by Gasteiger charge is -2.37. The lowest BCUT2D eigenvalue weighted by molar-refractivity contribution is -0.0334. The Hall–Kier alpha value is -0.470. The van der Waals surface area contributed by atoms with Crippen molar-refractivity contribution in [2.24, 2.45) is 4.99 Å². The average Bonchev–Trinajstić information content (AvgIpc) is 3.16. The molecule has 8 nitrogen and oxygen atoms in total. The van der Waals surface area contributed by atoms with Crippen LogP contribution in [-0.2, 0) is 19.3 Å². The van der Waals surface area contributed by atoms with E-state index in [1.165, 1.54) is 11.1 Å². The van der Waals surface area contributed by atoms with E-state index < -0.39 is 9.84 Å². The van der Waals surface area contributed by atoms with E-state index in [0.29, 0.717) is 19.1 Å². The minimum atomic E-state index is -2.98. The van der Waals surface area contributed by atoms with Gasteiger partial charge in [0.25, 0.3) is 0 Å². The second-order valence-corrected chi connectivity index (χ2v) is 10.1. The molecule has 0 saturated carbocycles. The number of ether oxygens (including phenoxy) is 2. The predicted octanol–water partition coefficient (Wildman–Crippen LogP) is 1.35. The molecule has 1 aliphatic heterocycles. The summed E-state index contributed by atoms with van der Waals surface area (Å²) >= 11 is 1.76. The Labute approximate surface area is 195 Å². The molecule has 1 aromatic heterocycles. The molecular weight excluding hydrogens is 527 g/mol. The molecule has 0 amide bonds. The van der Waals surface area contributed by atoms with Gasteiger partial charge in [-0.15, -0.1) is 35.3 Å². The van der Waals surface area contributed by atoms with Crippen molar-refractivity contribution in [1.29, 1.82) is 0 Å². The fourth-order valence-electron chi connectivity index (χ4n) is 2.99. The Morgan fingerprint density at radius 1 is 1.45 bits per heavy atom. The lowest BCUT2D eigenvalue weighted by Crippen LogP contribution is -2.48. The number of hydrogen-bond donors (Lipinski definition) is 2. The zero-order valence-corrected chi connectivity index (χ0v) is 21.3. The molecule has 2 heterocycles. The van der Waals surface area contributed by atoms with Crippen LogP contribution in [0.1, 0.15) is 17.8 Å². The summed E-state index contributed by atoms with van der Waals surface area (Å²) in [5.74, 6) is 0.745. The summed E-state index contributed by atoms with van der Waals surface area (Å²) in [6, 6.07) is 4.51. The summed E-state index contributed by atoms with van der Waals surface area (Å²) in [6.45, 7) is 6.60. The first-order valence-corrected chi connectivity index (χ1v) is 12.4. The van der Waals surface area contributed by atoms with Crippen molar-refractivity contribution in [2.75, 3.05) is 65.1 Å². The van der Waals surface area contributed by atoms with Crippen molar-refractivity contribution in [3.8, 4) is 0 Å². The van der Waals surface area contributed by atoms with Gasteiger partial charge in [-0.05, 0) is 18.4 Å². The number of morpholine rings is 1. The van der Waals surface area contributed by atoms with E-state index in [-0.39, 0.29) is 48.5 Å². The van der Waals surface area contributed by atoms with Gasteiger partial charge in [-0.25, -0.2) is 8.42 Å². The van der Waals surface area contributed by atoms with Crippen molar-refractivity contribution in [3.63, 3.8) is 0 Å². The molecule has 0 bridgehead atoms. The van der Waals surface area contributed by atoms with Crippen LogP contribution < -0.4 is 10.6 Å². The molecule has 0 aliphatic carbocycles. The van der Waals surface area contributed by atoms with Crippen molar-refractivity contribution in [3.05, 3.63) is 22.4 Å². The third-order valence-electron chi connectivity index (χ3n) is 4.41. The van der Waals surface area contributed by atoms with Crippen molar-refractivity contribution in [1.82, 2.24) is 15.5 Å². The second kappa shape index (κ2) is 13.8. The van der Waals surface area contributed by atoms with E-state index in [1.807, 2.05) is 0 Å². The monoisotopic (exact) mass is 560 g/mol. The van der Waals surface area contributed by atoms with Crippen LogP contribution in [0.5, 0.6) is 0 Å². The second-order valence-electron chi connectivity index (χ2n) is 6.83. The Morgan fingerprint density at radius 2 is 2.24 bits per heavy atom. The molecule has 2 rings (SSSR count). The lowest BCUT2D eigenvalue weighted by atomic mass is 10.1. The number of guanidine groups is 1. The highest BCUT2D eigenvalue weighted by Gasteiger charge is 2.26. The summed E-state index contributed by atoms with van der Waals surface area (Å²) in [6.07, 6.45) is 1.44. The highest BCUT2D eigenvalue weighted by molar-refractivity contribution is 14.0. The minimum absolute atomic E-state index is 0. The molecule has 1 saturated heterocycles. The first-order chi connectivity index (χ1) is 13.4. The summed E-state index contributed by atoms with van der Waals surface area (Å²) in [4.78, 5) is 8.04. The quantitative estimate of drug-likeness (QED) is 0.193. The number of rotatable bonds is 10. The third kappa shape index (κ3) is 10.4. The number of thiophene rings is 1. The Balaban J connectivity index is 0.00000420. The van der Waals surface area contributed by atoms with Crippen LogP contribution in [0.2, 0.25) is 0 Å². The molecular formula is C18H33IN4O4S2. The van der Waals surface area contributed by atoms with Gasteiger partial charge in [0.1, 0.15) is 9.84 Å². The van der Waals surface area contributed by atoms with Crippen LogP contribution in [0.3, 0.4) is 0 Å². The highest BCUT2D eigenvalue weighted by Crippen LogP contribution is 2.26. The van der Waals surface area contributed by atoms with E-state index in [2.05, 4.69) is 45.0 Å². The van der Waals surface area contributed by atoms with Gasteiger partial charge in [-0.3, -0.25) is 9.89 Å². The van der Waals surface area contributed by atoms with Crippen LogP contribution in [0.25, 0.3) is 0 Å². The maximum absolute atomic E-state index is 11.1. The van der Waals surface area contributed by atoms with Gasteiger partial charge >= 0.3 is 0 Å². The molecule has 1 aromatic rings. The molecule has 2 atom stereocenters. The zero-order valence-electron chi connectivity index (χ0n) is 17.3. The van der Waals surface area contributed by atoms with E-state index in [0.717, 1.165) is 26.2 Å². The highest BCUT2D eigenvalue weighted by atomic mass is 127. The largest absolute Gasteiger partial charge is 0.379 e. The number of nitrogens with one attached hydrogen (secondary N) is 2. The fraction of sp³-hybridized carbons (Fsp3) is 0.722. The zero-order chi connectivity index (χ0) is 20.4. The van der Waals surface area contributed by atoms with Crippen molar-refractivity contribution < 1.29 is 17.9 Å². The van der Waals surface area contributed by atoms with Crippen molar-refractivity contribution in [2.45, 2.75) is 19.1 Å². The van der Waals surface area contributed by atoms with E-state index >= 15 is 0 Å². The van der Waals surface area contributed by atoms with Gasteiger partial charge in [0.2, 0.25) is 0 Å². The molecule has 29 heavy (non-hydrogen) atoms. The topological polar surface area (TPSA) is 92.3 Å². The van der Waals surface area contributed by atoms with E-state index in [4.69, 9.17) is 9.47 Å². The maximum atomic E-state index is 11.1. The Kier molecular flexibility index (Phi) is 12.6. The molecule has 168 valence electrons. The maximum Gasteiger partial charge on any atom is 0.191 e. The summed E-state index contributed by atoms with van der Waals surface area (Å²) in [7, 11) is -1.25. The minimum Gasteiger partial charge on any atom is -0.379 e. The standard InChI is InChI=1S/C18H32N4O4S2.HI/c1-15-14-22(7-9-26-15)16(17-5-4-11-27-17)13-21-18(19-2)20-6-8-25-10-12-28(3,23)24;/h4-5,11,15-16H,6-10,12-14H2,1-3H3,(H2,19,20,21);1H. The third-order valence-corrected chi connectivity index (χ3v) is 6.29. The average molecular weight is 561 g/mol. The first-order valence-electron chi connectivity index (χ1n) is 9.48. The molecule has 0 aromatic carbocycles. The van der Waals surface area contributed by atoms with Gasteiger partial charge in [-0.2, -0.15) is 0 Å². The van der Waals surface area contributed by atoms with Crippen LogP contribution >= 0.6 is 35.3 Å². The van der Waals surface area contributed by atoms with Gasteiger partial charge in [-0.1, -0.05) is 6.07 Å². The number of sulfone groups is 1. The first kappa shape index (κ1) is 26.6. The number of halogens is 1. The van der Waals surface area contributed by atoms with E-state index in [9.17, 15) is 8.42 Å². The predicted molar refractivity (Wildman–Crippen MR) is 129 cm³/mol. The van der Waals surface area contributed by atoms with Crippen LogP contribution in [0.15, 0.2) is 22.5 Å². The molecule has 2 N–H and O–H groups in total. The van der Waals surface area contributed by atoms with Gasteiger partial charge in [0.05, 0.1) is 37.7 Å². The summed E-state index contributed by atoms with van der Waals surface area (Å²) < 4.78 is 33.2. The molecule has 1 aliphatic rings. The van der Waals surface area contributed by atoms with Crippen LogP contribution in [-0.4, -0.2) is 90.4 Å². The smallest absolute Gasteiger partial charge is 0.191 e. The SMILES string of the molecule is CN=C(NCCOCCS(C)(=O)=O)NCC(c1cccs1)N1CCOC(C)C1.I. The molecule has 0 radical (unpaired) electrons. The van der Waals surface area contributed by atoms with Gasteiger partial charge in [0, 0.05) is 44.4 Å². The number of aliphatic imine (C=N–C) groups is 1. The number of hydrogen-bond acceptors (Lipinski definition) is 7. The molecule has 2 unspecified atom stereocenters. The van der Waals surface area contributed by atoms with Crippen LogP contribution in [0.4, 0.5) is 0 Å². The molecule has 0 spiro atoms. The Morgan fingerprint density at radius 3 is 2.86 bits per heavy atom. The van der Waals surface area contributed by atoms with Crippen molar-refractivity contribution >= 4 is 51.1 Å². The van der Waals surface area contributed by atoms with Gasteiger partial charge in [0.15, 0.2) is 5.96 Å².